The molecule has 16 heavy (non-hydrogen) atoms. The molecule has 0 aliphatic heterocycles. The Morgan fingerprint density at radius 2 is 2.25 bits per heavy atom. The Morgan fingerprint density at radius 3 is 2.81 bits per heavy atom. The van der Waals surface area contributed by atoms with Crippen LogP contribution >= 0.6 is 0 Å². The third-order valence-electron chi connectivity index (χ3n) is 1.83. The monoisotopic (exact) mass is 246 g/mol. The van der Waals surface area contributed by atoms with Gasteiger partial charge in [-0.15, -0.1) is 0 Å². The maximum absolute atomic E-state index is 13.0. The van der Waals surface area contributed by atoms with Crippen molar-refractivity contribution in [1.82, 2.24) is 0 Å². The quantitative estimate of drug-likeness (QED) is 0.857. The summed E-state index contributed by atoms with van der Waals surface area (Å²) in [5, 5.41) is 8.68. The third kappa shape index (κ3) is 3.11. The molecule has 1 aromatic rings. The Hall–Kier alpha value is -1.27. The predicted molar refractivity (Wildman–Crippen MR) is 56.3 cm³/mol. The summed E-state index contributed by atoms with van der Waals surface area (Å²) in [5.74, 6) is -2.25. The van der Waals surface area contributed by atoms with Gasteiger partial charge >= 0.3 is 5.97 Å². The van der Waals surface area contributed by atoms with Gasteiger partial charge in [0.25, 0.3) is 0 Å². The molecular formula is C10H11FO4S. The molecule has 88 valence electrons. The van der Waals surface area contributed by atoms with Gasteiger partial charge in [-0.25, -0.2) is 9.18 Å². The largest absolute Gasteiger partial charge is 0.478 e. The number of rotatable bonds is 5. The molecule has 0 aliphatic rings. The van der Waals surface area contributed by atoms with Crippen LogP contribution in [0.5, 0.6) is 0 Å². The highest BCUT2D eigenvalue weighted by Gasteiger charge is 2.13. The maximum atomic E-state index is 13.0. The summed E-state index contributed by atoms with van der Waals surface area (Å²) in [6.45, 7) is 2.17. The Balaban J connectivity index is 2.94. The van der Waals surface area contributed by atoms with Crippen LogP contribution < -0.4 is 0 Å². The van der Waals surface area contributed by atoms with Crippen LogP contribution in [0.1, 0.15) is 17.3 Å². The molecule has 0 fully saturated rings. The van der Waals surface area contributed by atoms with Crippen molar-refractivity contribution in [3.63, 3.8) is 0 Å². The summed E-state index contributed by atoms with van der Waals surface area (Å²) < 4.78 is 29.5. The number of ether oxygens (including phenoxy) is 1. The Morgan fingerprint density at radius 1 is 1.56 bits per heavy atom. The number of hydrogen-bond donors (Lipinski definition) is 1. The first-order chi connectivity index (χ1) is 7.56. The van der Waals surface area contributed by atoms with Gasteiger partial charge in [0, 0.05) is 11.5 Å². The van der Waals surface area contributed by atoms with Crippen molar-refractivity contribution in [2.24, 2.45) is 0 Å². The lowest BCUT2D eigenvalue weighted by molar-refractivity contribution is 0.0691. The van der Waals surface area contributed by atoms with Gasteiger partial charge in [-0.2, -0.15) is 0 Å². The molecule has 4 nitrogen and oxygen atoms in total. The van der Waals surface area contributed by atoms with E-state index in [2.05, 4.69) is 0 Å². The van der Waals surface area contributed by atoms with Crippen molar-refractivity contribution in [1.29, 1.82) is 0 Å². The van der Waals surface area contributed by atoms with E-state index in [1.165, 1.54) is 6.07 Å². The standard InChI is InChI=1S/C10H11FO4S/c1-2-15-6-16(14)7-3-4-9(11)8(5-7)10(12)13/h3-5H,2,6H2,1H3,(H,12,13). The van der Waals surface area contributed by atoms with Crippen LogP contribution in [0.2, 0.25) is 0 Å². The van der Waals surface area contributed by atoms with E-state index in [-0.39, 0.29) is 10.8 Å². The molecule has 0 aliphatic carbocycles. The fourth-order valence-electron chi connectivity index (χ4n) is 1.04. The molecule has 1 N–H and O–H groups in total. The number of carboxylic acid groups (broad SMARTS) is 1. The Labute approximate surface area is 94.5 Å². The fourth-order valence-corrected chi connectivity index (χ4v) is 1.96. The number of aromatic carboxylic acids is 1. The molecule has 0 heterocycles. The van der Waals surface area contributed by atoms with Gasteiger partial charge in [0.05, 0.1) is 16.4 Å². The number of carbonyl (C=O) groups is 1. The zero-order chi connectivity index (χ0) is 12.1. The summed E-state index contributed by atoms with van der Waals surface area (Å²) in [6.07, 6.45) is 0. The fraction of sp³-hybridized carbons (Fsp3) is 0.300. The minimum Gasteiger partial charge on any atom is -0.478 e. The third-order valence-corrected chi connectivity index (χ3v) is 2.99. The van der Waals surface area contributed by atoms with E-state index in [4.69, 9.17) is 9.84 Å². The summed E-state index contributed by atoms with van der Waals surface area (Å²) >= 11 is 0. The van der Waals surface area contributed by atoms with E-state index >= 15 is 0 Å². The summed E-state index contributed by atoms with van der Waals surface area (Å²) in [7, 11) is -1.47. The zero-order valence-corrected chi connectivity index (χ0v) is 9.42. The van der Waals surface area contributed by atoms with Crippen LogP contribution in [0.3, 0.4) is 0 Å². The molecule has 0 amide bonds. The van der Waals surface area contributed by atoms with Gasteiger partial charge in [-0.3, -0.25) is 4.21 Å². The van der Waals surface area contributed by atoms with Gasteiger partial charge in [-0.05, 0) is 25.1 Å². The van der Waals surface area contributed by atoms with Gasteiger partial charge in [0.15, 0.2) is 0 Å². The van der Waals surface area contributed by atoms with Gasteiger partial charge in [0.2, 0.25) is 0 Å². The lowest BCUT2D eigenvalue weighted by Gasteiger charge is -2.04. The molecule has 1 atom stereocenters. The van der Waals surface area contributed by atoms with Gasteiger partial charge in [0.1, 0.15) is 11.8 Å². The van der Waals surface area contributed by atoms with E-state index in [0.29, 0.717) is 6.61 Å². The Kier molecular flexibility index (Phi) is 4.57. The first kappa shape index (κ1) is 12.8. The van der Waals surface area contributed by atoms with Crippen molar-refractivity contribution in [3.8, 4) is 0 Å². The van der Waals surface area contributed by atoms with Crippen molar-refractivity contribution in [2.45, 2.75) is 11.8 Å². The molecule has 1 aromatic carbocycles. The second-order valence-electron chi connectivity index (χ2n) is 2.90. The van der Waals surface area contributed by atoms with Crippen LogP contribution in [-0.4, -0.2) is 27.8 Å². The molecule has 0 radical (unpaired) electrons. The molecule has 0 spiro atoms. The molecular weight excluding hydrogens is 235 g/mol. The van der Waals surface area contributed by atoms with Crippen molar-refractivity contribution in [2.75, 3.05) is 12.5 Å². The van der Waals surface area contributed by atoms with Crippen molar-refractivity contribution < 1.29 is 23.2 Å². The number of hydrogen-bond acceptors (Lipinski definition) is 3. The summed E-state index contributed by atoms with van der Waals surface area (Å²) in [4.78, 5) is 10.9. The van der Waals surface area contributed by atoms with E-state index in [1.54, 1.807) is 6.92 Å². The average molecular weight is 246 g/mol. The molecule has 0 saturated heterocycles. The SMILES string of the molecule is CCOCS(=O)c1ccc(F)c(C(=O)O)c1. The highest BCUT2D eigenvalue weighted by molar-refractivity contribution is 7.84. The molecule has 1 unspecified atom stereocenters. The van der Waals surface area contributed by atoms with Crippen LogP contribution in [0.15, 0.2) is 23.1 Å². The lowest BCUT2D eigenvalue weighted by Crippen LogP contribution is -2.06. The van der Waals surface area contributed by atoms with E-state index in [9.17, 15) is 13.4 Å². The maximum Gasteiger partial charge on any atom is 0.338 e. The normalized spacial score (nSPS) is 12.4. The van der Waals surface area contributed by atoms with Gasteiger partial charge in [-0.1, -0.05) is 0 Å². The highest BCUT2D eigenvalue weighted by atomic mass is 32.2. The highest BCUT2D eigenvalue weighted by Crippen LogP contribution is 2.14. The zero-order valence-electron chi connectivity index (χ0n) is 8.60. The number of carboxylic acids is 1. The van der Waals surface area contributed by atoms with E-state index in [0.717, 1.165) is 12.1 Å². The summed E-state index contributed by atoms with van der Waals surface area (Å²) in [5.41, 5.74) is -0.484. The Bertz CT molecular complexity index is 419. The predicted octanol–water partition coefficient (Wildman–Crippen LogP) is 1.63. The second-order valence-corrected chi connectivity index (χ2v) is 4.30. The van der Waals surface area contributed by atoms with Crippen LogP contribution in [0.4, 0.5) is 4.39 Å². The average Bonchev–Trinajstić information content (AvgIpc) is 2.26. The summed E-state index contributed by atoms with van der Waals surface area (Å²) in [6, 6.07) is 3.34. The van der Waals surface area contributed by atoms with Gasteiger partial charge < -0.3 is 9.84 Å². The number of halogens is 1. The van der Waals surface area contributed by atoms with Crippen LogP contribution in [0, 0.1) is 5.82 Å². The lowest BCUT2D eigenvalue weighted by atomic mass is 10.2. The van der Waals surface area contributed by atoms with Crippen molar-refractivity contribution in [3.05, 3.63) is 29.6 Å². The number of benzene rings is 1. The molecule has 0 aromatic heterocycles. The van der Waals surface area contributed by atoms with E-state index in [1.807, 2.05) is 0 Å². The molecule has 1 rings (SSSR count). The first-order valence-corrected chi connectivity index (χ1v) is 5.87. The molecule has 0 saturated carbocycles. The van der Waals surface area contributed by atoms with Crippen LogP contribution in [-0.2, 0) is 15.5 Å². The smallest absolute Gasteiger partial charge is 0.338 e. The minimum atomic E-state index is -1.47. The molecule has 0 bridgehead atoms. The van der Waals surface area contributed by atoms with Crippen molar-refractivity contribution >= 4 is 16.8 Å². The second kappa shape index (κ2) is 5.72. The van der Waals surface area contributed by atoms with Crippen LogP contribution in [0.25, 0.3) is 0 Å². The molecule has 6 heteroatoms. The first-order valence-electron chi connectivity index (χ1n) is 4.55. The minimum absolute atomic E-state index is 0.0266. The van der Waals surface area contributed by atoms with E-state index < -0.39 is 28.1 Å². The topological polar surface area (TPSA) is 63.6 Å².